The number of hydrogen-bond acceptors (Lipinski definition) is 5. The summed E-state index contributed by atoms with van der Waals surface area (Å²) in [6.45, 7) is 3.50. The number of carbonyl (C=O) groups is 3. The van der Waals surface area contributed by atoms with E-state index in [0.29, 0.717) is 54.5 Å². The van der Waals surface area contributed by atoms with E-state index in [4.69, 9.17) is 9.47 Å². The summed E-state index contributed by atoms with van der Waals surface area (Å²) in [6.07, 6.45) is 2.03. The summed E-state index contributed by atoms with van der Waals surface area (Å²) in [4.78, 5) is 41.6. The maximum absolute atomic E-state index is 13.0. The highest BCUT2D eigenvalue weighted by atomic mass is 16.5. The molecule has 1 aliphatic carbocycles. The number of hydrogen-bond donors (Lipinski definition) is 2. The molecule has 4 amide bonds. The number of nitrogens with zero attached hydrogens (tertiary/aromatic N) is 2. The van der Waals surface area contributed by atoms with E-state index in [0.717, 1.165) is 18.4 Å². The van der Waals surface area contributed by atoms with Crippen molar-refractivity contribution in [1.82, 2.24) is 15.1 Å². The van der Waals surface area contributed by atoms with Gasteiger partial charge in [-0.2, -0.15) is 0 Å². The van der Waals surface area contributed by atoms with Crippen molar-refractivity contribution >= 4 is 23.5 Å². The molecule has 1 saturated carbocycles. The Labute approximate surface area is 199 Å². The Morgan fingerprint density at radius 1 is 0.912 bits per heavy atom. The van der Waals surface area contributed by atoms with Crippen LogP contribution in [0.15, 0.2) is 36.4 Å². The first kappa shape index (κ1) is 23.4. The Hall–Kier alpha value is -3.75. The van der Waals surface area contributed by atoms with E-state index in [1.807, 2.05) is 13.0 Å². The van der Waals surface area contributed by atoms with Gasteiger partial charge in [0, 0.05) is 49.5 Å². The van der Waals surface area contributed by atoms with Gasteiger partial charge in [-0.3, -0.25) is 9.59 Å². The summed E-state index contributed by atoms with van der Waals surface area (Å²) in [5.74, 6) is 0.786. The van der Waals surface area contributed by atoms with Crippen LogP contribution in [0, 0.1) is 6.92 Å². The van der Waals surface area contributed by atoms with E-state index in [2.05, 4.69) is 10.6 Å². The molecule has 0 aromatic heterocycles. The number of benzene rings is 2. The van der Waals surface area contributed by atoms with Gasteiger partial charge in [-0.05, 0) is 49.6 Å². The predicted molar refractivity (Wildman–Crippen MR) is 128 cm³/mol. The molecule has 34 heavy (non-hydrogen) atoms. The van der Waals surface area contributed by atoms with E-state index >= 15 is 0 Å². The van der Waals surface area contributed by atoms with Crippen molar-refractivity contribution in [1.29, 1.82) is 0 Å². The van der Waals surface area contributed by atoms with Gasteiger partial charge in [-0.25, -0.2) is 4.79 Å². The fourth-order valence-electron chi connectivity index (χ4n) is 3.85. The Morgan fingerprint density at radius 3 is 2.26 bits per heavy atom. The van der Waals surface area contributed by atoms with Gasteiger partial charge in [0.2, 0.25) is 0 Å². The van der Waals surface area contributed by atoms with Gasteiger partial charge >= 0.3 is 6.03 Å². The zero-order chi connectivity index (χ0) is 24.2. The summed E-state index contributed by atoms with van der Waals surface area (Å²) in [7, 11) is 3.07. The molecule has 0 bridgehead atoms. The van der Waals surface area contributed by atoms with Crippen LogP contribution < -0.4 is 20.1 Å². The summed E-state index contributed by atoms with van der Waals surface area (Å²) < 4.78 is 10.6. The van der Waals surface area contributed by atoms with Crippen LogP contribution in [-0.4, -0.2) is 74.1 Å². The number of ether oxygens (including phenoxy) is 2. The lowest BCUT2D eigenvalue weighted by Gasteiger charge is -2.35. The second kappa shape index (κ2) is 10.0. The van der Waals surface area contributed by atoms with E-state index in [9.17, 15) is 14.4 Å². The second-order valence-electron chi connectivity index (χ2n) is 8.55. The van der Waals surface area contributed by atoms with Crippen molar-refractivity contribution < 1.29 is 23.9 Å². The van der Waals surface area contributed by atoms with Crippen LogP contribution in [0.2, 0.25) is 0 Å². The molecule has 9 nitrogen and oxygen atoms in total. The van der Waals surface area contributed by atoms with Gasteiger partial charge in [0.25, 0.3) is 11.8 Å². The quantitative estimate of drug-likeness (QED) is 0.682. The molecule has 1 heterocycles. The molecular weight excluding hydrogens is 436 g/mol. The molecule has 1 saturated heterocycles. The number of carbonyl (C=O) groups excluding carboxylic acids is 3. The molecule has 0 radical (unpaired) electrons. The number of rotatable bonds is 6. The van der Waals surface area contributed by atoms with Crippen molar-refractivity contribution in [2.75, 3.05) is 45.7 Å². The topological polar surface area (TPSA) is 100 Å². The maximum Gasteiger partial charge on any atom is 0.321 e. The lowest BCUT2D eigenvalue weighted by atomic mass is 10.1. The summed E-state index contributed by atoms with van der Waals surface area (Å²) >= 11 is 0. The van der Waals surface area contributed by atoms with Crippen molar-refractivity contribution in [3.63, 3.8) is 0 Å². The first-order chi connectivity index (χ1) is 16.4. The fraction of sp³-hybridized carbons (Fsp3) is 0.400. The molecule has 0 unspecified atom stereocenters. The smallest absolute Gasteiger partial charge is 0.321 e. The normalized spacial score (nSPS) is 15.5. The largest absolute Gasteiger partial charge is 0.497 e. The highest BCUT2D eigenvalue weighted by molar-refractivity contribution is 5.98. The number of methoxy groups -OCH3 is 2. The van der Waals surface area contributed by atoms with Gasteiger partial charge in [0.05, 0.1) is 19.8 Å². The van der Waals surface area contributed by atoms with Crippen LogP contribution in [0.5, 0.6) is 11.5 Å². The summed E-state index contributed by atoms with van der Waals surface area (Å²) in [6, 6.07) is 10.4. The SMILES string of the molecule is COc1ccc(C(=O)N2CCN(C(=O)Nc3cc(C(=O)NC4CC4)ccc3C)CC2)c(OC)c1. The van der Waals surface area contributed by atoms with E-state index in [1.165, 1.54) is 7.11 Å². The van der Waals surface area contributed by atoms with Crippen LogP contribution >= 0.6 is 0 Å². The number of piperazine rings is 1. The highest BCUT2D eigenvalue weighted by Gasteiger charge is 2.27. The molecule has 2 aliphatic rings. The molecule has 0 atom stereocenters. The van der Waals surface area contributed by atoms with E-state index in [1.54, 1.807) is 47.2 Å². The number of nitrogens with one attached hydrogen (secondary N) is 2. The van der Waals surface area contributed by atoms with Gasteiger partial charge in [-0.15, -0.1) is 0 Å². The van der Waals surface area contributed by atoms with Crippen molar-refractivity contribution in [3.8, 4) is 11.5 Å². The maximum atomic E-state index is 13.0. The van der Waals surface area contributed by atoms with Gasteiger partial charge in [0.15, 0.2) is 0 Å². The van der Waals surface area contributed by atoms with Crippen LogP contribution in [0.3, 0.4) is 0 Å². The molecule has 9 heteroatoms. The first-order valence-electron chi connectivity index (χ1n) is 11.4. The Bertz CT molecular complexity index is 1090. The number of anilines is 1. The number of urea groups is 1. The second-order valence-corrected chi connectivity index (χ2v) is 8.55. The van der Waals surface area contributed by atoms with Gasteiger partial charge in [-0.1, -0.05) is 6.07 Å². The van der Waals surface area contributed by atoms with Gasteiger partial charge in [0.1, 0.15) is 11.5 Å². The third-order valence-electron chi connectivity index (χ3n) is 6.15. The number of amides is 4. The lowest BCUT2D eigenvalue weighted by molar-refractivity contribution is 0.0668. The number of aryl methyl sites for hydroxylation is 1. The third kappa shape index (κ3) is 5.24. The standard InChI is InChI=1S/C25H30N4O5/c1-16-4-5-17(23(30)26-18-6-7-18)14-21(16)27-25(32)29-12-10-28(11-13-29)24(31)20-9-8-19(33-2)15-22(20)34-3/h4-5,8-9,14-15,18H,6-7,10-13H2,1-3H3,(H,26,30)(H,27,32). The molecule has 0 spiro atoms. The van der Waals surface area contributed by atoms with E-state index in [-0.39, 0.29) is 23.9 Å². The molecule has 2 aromatic carbocycles. The Morgan fingerprint density at radius 2 is 1.62 bits per heavy atom. The third-order valence-corrected chi connectivity index (χ3v) is 6.15. The van der Waals surface area contributed by atoms with Crippen molar-refractivity contribution in [2.24, 2.45) is 0 Å². The van der Waals surface area contributed by atoms with Gasteiger partial charge < -0.3 is 29.9 Å². The monoisotopic (exact) mass is 466 g/mol. The summed E-state index contributed by atoms with van der Waals surface area (Å²) in [5, 5.41) is 5.88. The van der Waals surface area contributed by atoms with Crippen LogP contribution in [0.4, 0.5) is 10.5 Å². The van der Waals surface area contributed by atoms with Crippen LogP contribution in [-0.2, 0) is 0 Å². The molecule has 1 aliphatic heterocycles. The Balaban J connectivity index is 1.36. The minimum absolute atomic E-state index is 0.126. The van der Waals surface area contributed by atoms with E-state index < -0.39 is 0 Å². The zero-order valence-electron chi connectivity index (χ0n) is 19.7. The lowest BCUT2D eigenvalue weighted by Crippen LogP contribution is -2.51. The Kier molecular flexibility index (Phi) is 6.90. The average Bonchev–Trinajstić information content (AvgIpc) is 3.68. The van der Waals surface area contributed by atoms with Crippen LogP contribution in [0.25, 0.3) is 0 Å². The minimum atomic E-state index is -0.253. The predicted octanol–water partition coefficient (Wildman–Crippen LogP) is 2.89. The average molecular weight is 467 g/mol. The van der Waals surface area contributed by atoms with Crippen molar-refractivity contribution in [2.45, 2.75) is 25.8 Å². The molecule has 180 valence electrons. The molecule has 2 N–H and O–H groups in total. The molecule has 4 rings (SSSR count). The highest BCUT2D eigenvalue weighted by Crippen LogP contribution is 2.26. The zero-order valence-corrected chi connectivity index (χ0v) is 19.7. The molecule has 2 fully saturated rings. The van der Waals surface area contributed by atoms with Crippen molar-refractivity contribution in [3.05, 3.63) is 53.1 Å². The van der Waals surface area contributed by atoms with Crippen LogP contribution in [0.1, 0.15) is 39.1 Å². The first-order valence-corrected chi connectivity index (χ1v) is 11.4. The fourth-order valence-corrected chi connectivity index (χ4v) is 3.85. The molecule has 2 aromatic rings. The minimum Gasteiger partial charge on any atom is -0.497 e. The summed E-state index contributed by atoms with van der Waals surface area (Å²) in [5.41, 5.74) is 2.46. The molecular formula is C25H30N4O5.